The van der Waals surface area contributed by atoms with E-state index in [1.807, 2.05) is 6.08 Å². The summed E-state index contributed by atoms with van der Waals surface area (Å²) in [5.74, 6) is -0.0688. The lowest BCUT2D eigenvalue weighted by atomic mass is 10.0. The molecule has 0 aliphatic heterocycles. The third-order valence-corrected chi connectivity index (χ3v) is 15.5. The fourth-order valence-corrected chi connectivity index (χ4v) is 10.4. The summed E-state index contributed by atoms with van der Waals surface area (Å²) in [5.41, 5.74) is 0. The number of amides is 1. The molecule has 446 valence electrons. The van der Waals surface area contributed by atoms with Crippen molar-refractivity contribution in [2.45, 2.75) is 373 Å². The van der Waals surface area contributed by atoms with E-state index < -0.39 is 12.1 Å². The molecule has 6 nitrogen and oxygen atoms in total. The summed E-state index contributed by atoms with van der Waals surface area (Å²) in [6.45, 7) is 4.86. The zero-order valence-corrected chi connectivity index (χ0v) is 51.0. The summed E-state index contributed by atoms with van der Waals surface area (Å²) in [4.78, 5) is 24.5. The Morgan fingerprint density at radius 3 is 1.07 bits per heavy atom. The van der Waals surface area contributed by atoms with E-state index in [1.54, 1.807) is 6.08 Å². The molecular weight excluding hydrogens is 935 g/mol. The van der Waals surface area contributed by atoms with Crippen LogP contribution in [0.1, 0.15) is 361 Å². The first-order chi connectivity index (χ1) is 37.5. The van der Waals surface area contributed by atoms with E-state index >= 15 is 0 Å². The standard InChI is InChI=1S/C70H131NO5/c1-3-5-7-9-11-13-15-17-18-19-20-29-32-35-39-42-46-50-54-58-62-68(73)67(66-72)71-69(74)63-59-55-51-47-43-40-36-33-30-27-25-23-21-22-24-26-28-31-34-37-41-45-49-53-57-61-65-76-70(75)64-60-56-52-48-44-38-16-14-12-10-8-6-4-2/h8,10,14,16,21,23,58,62,67-68,72-73H,3-7,9,11-13,15,17-20,22,24-57,59-61,63-66H2,1-2H3,(H,71,74)/b10-8-,16-14-,23-21-,62-58+. The maximum absolute atomic E-state index is 12.5. The van der Waals surface area contributed by atoms with Crippen LogP contribution in [-0.4, -0.2) is 47.4 Å². The van der Waals surface area contributed by atoms with E-state index in [1.165, 1.54) is 283 Å². The number of hydrogen-bond donors (Lipinski definition) is 3. The highest BCUT2D eigenvalue weighted by Gasteiger charge is 2.18. The fraction of sp³-hybridized carbons (Fsp3) is 0.857. The van der Waals surface area contributed by atoms with Crippen LogP contribution >= 0.6 is 0 Å². The summed E-state index contributed by atoms with van der Waals surface area (Å²) >= 11 is 0. The van der Waals surface area contributed by atoms with Crippen LogP contribution in [0.3, 0.4) is 0 Å². The molecule has 6 heteroatoms. The van der Waals surface area contributed by atoms with E-state index in [0.29, 0.717) is 19.4 Å². The number of ether oxygens (including phenoxy) is 1. The van der Waals surface area contributed by atoms with Crippen LogP contribution in [0.5, 0.6) is 0 Å². The van der Waals surface area contributed by atoms with E-state index in [4.69, 9.17) is 4.74 Å². The van der Waals surface area contributed by atoms with Gasteiger partial charge >= 0.3 is 5.97 Å². The van der Waals surface area contributed by atoms with Crippen molar-refractivity contribution in [3.63, 3.8) is 0 Å². The van der Waals surface area contributed by atoms with E-state index in [0.717, 1.165) is 51.4 Å². The number of rotatable bonds is 63. The SMILES string of the molecule is CCC/C=C\C/C=C\CCCCCCCC(=O)OCCCCCCCCCCCCCC/C=C\CCCCCCCCCCCCC(=O)NC(CO)C(O)/C=C/CCCCCCCCCCCCCCCCCCCC. The lowest BCUT2D eigenvalue weighted by molar-refractivity contribution is -0.143. The van der Waals surface area contributed by atoms with Crippen LogP contribution in [0.25, 0.3) is 0 Å². The highest BCUT2D eigenvalue weighted by molar-refractivity contribution is 5.76. The number of allylic oxidation sites excluding steroid dienone is 7. The van der Waals surface area contributed by atoms with Crippen molar-refractivity contribution in [1.82, 2.24) is 5.32 Å². The minimum atomic E-state index is -0.847. The predicted octanol–water partition coefficient (Wildman–Crippen LogP) is 21.7. The second kappa shape index (κ2) is 65.3. The highest BCUT2D eigenvalue weighted by atomic mass is 16.5. The van der Waals surface area contributed by atoms with Crippen molar-refractivity contribution < 1.29 is 24.5 Å². The molecule has 1 amide bonds. The first kappa shape index (κ1) is 73.8. The average molecular weight is 1070 g/mol. The van der Waals surface area contributed by atoms with Crippen molar-refractivity contribution >= 4 is 11.9 Å². The second-order valence-electron chi connectivity index (χ2n) is 23.1. The molecular formula is C70H131NO5. The van der Waals surface area contributed by atoms with E-state index in [-0.39, 0.29) is 18.5 Å². The average Bonchev–Trinajstić information content (AvgIpc) is 3.42. The molecule has 0 saturated carbocycles. The van der Waals surface area contributed by atoms with Crippen LogP contribution < -0.4 is 5.32 Å². The number of unbranched alkanes of at least 4 members (excludes halogenated alkanes) is 46. The van der Waals surface area contributed by atoms with Gasteiger partial charge in [0.15, 0.2) is 0 Å². The molecule has 0 heterocycles. The lowest BCUT2D eigenvalue weighted by Crippen LogP contribution is -2.45. The van der Waals surface area contributed by atoms with Crippen LogP contribution in [0.4, 0.5) is 0 Å². The van der Waals surface area contributed by atoms with Gasteiger partial charge in [0.1, 0.15) is 0 Å². The van der Waals surface area contributed by atoms with Gasteiger partial charge in [-0.15, -0.1) is 0 Å². The molecule has 0 fully saturated rings. The number of aliphatic hydroxyl groups excluding tert-OH is 2. The van der Waals surface area contributed by atoms with Crippen molar-refractivity contribution in [2.75, 3.05) is 13.2 Å². The number of esters is 1. The first-order valence-corrected chi connectivity index (χ1v) is 33.9. The third-order valence-electron chi connectivity index (χ3n) is 15.5. The maximum Gasteiger partial charge on any atom is 0.305 e. The van der Waals surface area contributed by atoms with Gasteiger partial charge in [0.05, 0.1) is 25.4 Å². The molecule has 0 aliphatic carbocycles. The number of carbonyl (C=O) groups excluding carboxylic acids is 2. The molecule has 0 aromatic rings. The predicted molar refractivity (Wildman–Crippen MR) is 333 cm³/mol. The topological polar surface area (TPSA) is 95.9 Å². The summed E-state index contributed by atoms with van der Waals surface area (Å²) in [6.07, 6.45) is 84.6. The molecule has 76 heavy (non-hydrogen) atoms. The normalized spacial score (nSPS) is 12.8. The van der Waals surface area contributed by atoms with Gasteiger partial charge in [0, 0.05) is 12.8 Å². The second-order valence-corrected chi connectivity index (χ2v) is 23.1. The van der Waals surface area contributed by atoms with Gasteiger partial charge in [0.2, 0.25) is 5.91 Å². The Kier molecular flexibility index (Phi) is 63.5. The molecule has 0 radical (unpaired) electrons. The first-order valence-electron chi connectivity index (χ1n) is 33.9. The summed E-state index contributed by atoms with van der Waals surface area (Å²) in [5, 5.41) is 23.2. The van der Waals surface area contributed by atoms with Gasteiger partial charge in [-0.25, -0.2) is 0 Å². The lowest BCUT2D eigenvalue weighted by Gasteiger charge is -2.20. The Morgan fingerprint density at radius 2 is 0.684 bits per heavy atom. The summed E-state index contributed by atoms with van der Waals surface area (Å²) in [6, 6.07) is -0.631. The summed E-state index contributed by atoms with van der Waals surface area (Å²) in [7, 11) is 0. The van der Waals surface area contributed by atoms with Crippen LogP contribution in [0.15, 0.2) is 48.6 Å². The Hall–Kier alpha value is -2.18. The largest absolute Gasteiger partial charge is 0.466 e. The molecule has 2 atom stereocenters. The maximum atomic E-state index is 12.5. The molecule has 0 aliphatic rings. The van der Waals surface area contributed by atoms with Crippen molar-refractivity contribution in [3.8, 4) is 0 Å². The number of aliphatic hydroxyl groups is 2. The van der Waals surface area contributed by atoms with Gasteiger partial charge in [-0.1, -0.05) is 313 Å². The molecule has 0 bridgehead atoms. The Balaban J connectivity index is 3.43. The molecule has 2 unspecified atom stereocenters. The Labute approximate surface area is 474 Å². The van der Waals surface area contributed by atoms with Crippen molar-refractivity contribution in [1.29, 1.82) is 0 Å². The van der Waals surface area contributed by atoms with E-state index in [9.17, 15) is 19.8 Å². The molecule has 0 aromatic carbocycles. The number of hydrogen-bond acceptors (Lipinski definition) is 5. The van der Waals surface area contributed by atoms with Crippen LogP contribution in [-0.2, 0) is 14.3 Å². The third kappa shape index (κ3) is 61.0. The van der Waals surface area contributed by atoms with Gasteiger partial charge in [-0.05, 0) is 83.5 Å². The van der Waals surface area contributed by atoms with E-state index in [2.05, 4.69) is 55.6 Å². The van der Waals surface area contributed by atoms with Crippen molar-refractivity contribution in [3.05, 3.63) is 48.6 Å². The molecule has 0 rings (SSSR count). The van der Waals surface area contributed by atoms with Gasteiger partial charge < -0.3 is 20.3 Å². The monoisotopic (exact) mass is 1070 g/mol. The zero-order chi connectivity index (χ0) is 55.0. The quantitative estimate of drug-likeness (QED) is 0.0320. The Morgan fingerprint density at radius 1 is 0.368 bits per heavy atom. The van der Waals surface area contributed by atoms with Gasteiger partial charge in [-0.2, -0.15) is 0 Å². The zero-order valence-electron chi connectivity index (χ0n) is 51.0. The molecule has 0 saturated heterocycles. The van der Waals surface area contributed by atoms with Crippen LogP contribution in [0, 0.1) is 0 Å². The molecule has 0 spiro atoms. The minimum absolute atomic E-state index is 0.00151. The molecule has 3 N–H and O–H groups in total. The van der Waals surface area contributed by atoms with Crippen molar-refractivity contribution in [2.24, 2.45) is 0 Å². The smallest absolute Gasteiger partial charge is 0.305 e. The fourth-order valence-electron chi connectivity index (χ4n) is 10.4. The van der Waals surface area contributed by atoms with Gasteiger partial charge in [-0.3, -0.25) is 9.59 Å². The number of carbonyl (C=O) groups is 2. The highest BCUT2D eigenvalue weighted by Crippen LogP contribution is 2.18. The van der Waals surface area contributed by atoms with Crippen LogP contribution in [0.2, 0.25) is 0 Å². The minimum Gasteiger partial charge on any atom is -0.466 e. The summed E-state index contributed by atoms with van der Waals surface area (Å²) < 4.78 is 5.47. The molecule has 0 aromatic heterocycles. The number of nitrogens with one attached hydrogen (secondary N) is 1. The van der Waals surface area contributed by atoms with Gasteiger partial charge in [0.25, 0.3) is 0 Å². The Bertz CT molecular complexity index is 1270.